The lowest BCUT2D eigenvalue weighted by atomic mass is 9.90. The molecule has 0 aliphatic carbocycles. The van der Waals surface area contributed by atoms with Gasteiger partial charge < -0.3 is 15.4 Å². The number of hydrogen-bond acceptors (Lipinski definition) is 2. The maximum atomic E-state index is 8.85. The van der Waals surface area contributed by atoms with Crippen molar-refractivity contribution in [1.29, 1.82) is 0 Å². The summed E-state index contributed by atoms with van der Waals surface area (Å²) >= 11 is 0. The van der Waals surface area contributed by atoms with E-state index in [0.717, 1.165) is 19.5 Å². The van der Waals surface area contributed by atoms with Crippen LogP contribution in [-0.4, -0.2) is 23.2 Å². The normalized spacial score (nSPS) is 11.9. The minimum Gasteiger partial charge on any atom is -0.396 e. The summed E-state index contributed by atoms with van der Waals surface area (Å²) in [4.78, 5) is 3.14. The Kier molecular flexibility index (Phi) is 4.17. The molecule has 1 aromatic rings. The molecule has 0 unspecified atom stereocenters. The third-order valence-electron chi connectivity index (χ3n) is 2.37. The van der Waals surface area contributed by atoms with E-state index in [0.29, 0.717) is 0 Å². The van der Waals surface area contributed by atoms with Gasteiger partial charge in [-0.15, -0.1) is 0 Å². The van der Waals surface area contributed by atoms with Crippen LogP contribution in [0.5, 0.6) is 0 Å². The Hall–Kier alpha value is -0.800. The molecule has 3 N–H and O–H groups in total. The number of rotatable bonds is 6. The van der Waals surface area contributed by atoms with Crippen molar-refractivity contribution in [1.82, 2.24) is 10.3 Å². The van der Waals surface area contributed by atoms with Crippen LogP contribution in [0.3, 0.4) is 0 Å². The molecular formula is C11H20N2O. The van der Waals surface area contributed by atoms with Gasteiger partial charge in [0.05, 0.1) is 0 Å². The molecule has 0 radical (unpaired) electrons. The smallest absolute Gasteiger partial charge is 0.0436 e. The summed E-state index contributed by atoms with van der Waals surface area (Å²) in [6.07, 6.45) is 2.76. The highest BCUT2D eigenvalue weighted by molar-refractivity contribution is 5.02. The van der Waals surface area contributed by atoms with E-state index in [-0.39, 0.29) is 12.0 Å². The summed E-state index contributed by atoms with van der Waals surface area (Å²) in [6, 6.07) is 4.06. The van der Waals surface area contributed by atoms with E-state index in [1.54, 1.807) is 0 Å². The van der Waals surface area contributed by atoms with Gasteiger partial charge in [-0.1, -0.05) is 13.8 Å². The number of aliphatic hydroxyl groups is 1. The van der Waals surface area contributed by atoms with E-state index < -0.39 is 0 Å². The molecule has 1 aromatic heterocycles. The van der Waals surface area contributed by atoms with Crippen molar-refractivity contribution in [2.24, 2.45) is 5.41 Å². The molecular weight excluding hydrogens is 176 g/mol. The second kappa shape index (κ2) is 5.17. The van der Waals surface area contributed by atoms with Gasteiger partial charge in [-0.3, -0.25) is 0 Å². The van der Waals surface area contributed by atoms with Crippen LogP contribution < -0.4 is 5.32 Å². The number of H-pyrrole nitrogens is 1. The Morgan fingerprint density at radius 2 is 2.29 bits per heavy atom. The standard InChI is InChI=1S/C11H20N2O/c1-11(2,5-7-14)9-12-8-10-4-3-6-13-10/h3-4,6,12-14H,5,7-9H2,1-2H3. The number of aromatic amines is 1. The van der Waals surface area contributed by atoms with Crippen molar-refractivity contribution in [3.05, 3.63) is 24.0 Å². The molecule has 0 atom stereocenters. The zero-order valence-electron chi connectivity index (χ0n) is 9.01. The highest BCUT2D eigenvalue weighted by Gasteiger charge is 2.15. The van der Waals surface area contributed by atoms with E-state index in [1.807, 2.05) is 12.3 Å². The fourth-order valence-corrected chi connectivity index (χ4v) is 1.40. The topological polar surface area (TPSA) is 48.0 Å². The van der Waals surface area contributed by atoms with Gasteiger partial charge in [0.25, 0.3) is 0 Å². The lowest BCUT2D eigenvalue weighted by Gasteiger charge is -2.23. The van der Waals surface area contributed by atoms with Gasteiger partial charge in [0.15, 0.2) is 0 Å². The van der Waals surface area contributed by atoms with Crippen molar-refractivity contribution < 1.29 is 5.11 Å². The van der Waals surface area contributed by atoms with E-state index in [4.69, 9.17) is 5.11 Å². The molecule has 1 heterocycles. The average molecular weight is 196 g/mol. The summed E-state index contributed by atoms with van der Waals surface area (Å²) in [5.74, 6) is 0. The molecule has 80 valence electrons. The second-order valence-electron chi connectivity index (χ2n) is 4.44. The molecule has 0 aliphatic rings. The molecule has 0 amide bonds. The van der Waals surface area contributed by atoms with Gasteiger partial charge >= 0.3 is 0 Å². The summed E-state index contributed by atoms with van der Waals surface area (Å²) < 4.78 is 0. The first-order chi connectivity index (χ1) is 6.64. The molecule has 0 fully saturated rings. The van der Waals surface area contributed by atoms with Crippen molar-refractivity contribution in [2.75, 3.05) is 13.2 Å². The first-order valence-electron chi connectivity index (χ1n) is 5.08. The largest absolute Gasteiger partial charge is 0.396 e. The maximum Gasteiger partial charge on any atom is 0.0436 e. The molecule has 0 aromatic carbocycles. The number of hydrogen-bond donors (Lipinski definition) is 3. The molecule has 0 saturated heterocycles. The van der Waals surface area contributed by atoms with Crippen molar-refractivity contribution >= 4 is 0 Å². The molecule has 0 saturated carbocycles. The predicted molar refractivity (Wildman–Crippen MR) is 58.0 cm³/mol. The fraction of sp³-hybridized carbons (Fsp3) is 0.636. The Bertz CT molecular complexity index is 242. The van der Waals surface area contributed by atoms with E-state index >= 15 is 0 Å². The summed E-state index contributed by atoms with van der Waals surface area (Å²) in [5, 5.41) is 12.2. The molecule has 0 spiro atoms. The summed E-state index contributed by atoms with van der Waals surface area (Å²) in [6.45, 7) is 6.36. The predicted octanol–water partition coefficient (Wildman–Crippen LogP) is 1.51. The zero-order chi connectivity index (χ0) is 10.4. The highest BCUT2D eigenvalue weighted by Crippen LogP contribution is 2.17. The van der Waals surface area contributed by atoms with Crippen LogP contribution >= 0.6 is 0 Å². The third kappa shape index (κ3) is 3.94. The lowest BCUT2D eigenvalue weighted by molar-refractivity contribution is 0.207. The van der Waals surface area contributed by atoms with Crippen LogP contribution in [0.2, 0.25) is 0 Å². The Labute approximate surface area is 85.5 Å². The van der Waals surface area contributed by atoms with Crippen molar-refractivity contribution in [3.63, 3.8) is 0 Å². The van der Waals surface area contributed by atoms with Crippen LogP contribution in [0, 0.1) is 5.41 Å². The first kappa shape index (κ1) is 11.3. The maximum absolute atomic E-state index is 8.85. The lowest BCUT2D eigenvalue weighted by Crippen LogP contribution is -2.29. The quantitative estimate of drug-likeness (QED) is 0.646. The van der Waals surface area contributed by atoms with Crippen LogP contribution in [-0.2, 0) is 6.54 Å². The van der Waals surface area contributed by atoms with Gasteiger partial charge in [-0.25, -0.2) is 0 Å². The van der Waals surface area contributed by atoms with Gasteiger partial charge in [0, 0.05) is 31.6 Å². The minimum absolute atomic E-state index is 0.168. The zero-order valence-corrected chi connectivity index (χ0v) is 9.01. The Morgan fingerprint density at radius 1 is 1.50 bits per heavy atom. The summed E-state index contributed by atoms with van der Waals surface area (Å²) in [5.41, 5.74) is 1.37. The number of aliphatic hydroxyl groups excluding tert-OH is 1. The van der Waals surface area contributed by atoms with Crippen LogP contribution in [0.4, 0.5) is 0 Å². The molecule has 14 heavy (non-hydrogen) atoms. The summed E-state index contributed by atoms with van der Waals surface area (Å²) in [7, 11) is 0. The van der Waals surface area contributed by atoms with E-state index in [2.05, 4.69) is 30.2 Å². The molecule has 0 bridgehead atoms. The fourth-order valence-electron chi connectivity index (χ4n) is 1.40. The average Bonchev–Trinajstić information content (AvgIpc) is 2.56. The second-order valence-corrected chi connectivity index (χ2v) is 4.44. The Balaban J connectivity index is 2.20. The van der Waals surface area contributed by atoms with Gasteiger partial charge in [-0.2, -0.15) is 0 Å². The highest BCUT2D eigenvalue weighted by atomic mass is 16.3. The molecule has 1 rings (SSSR count). The Morgan fingerprint density at radius 3 is 2.86 bits per heavy atom. The van der Waals surface area contributed by atoms with Crippen LogP contribution in [0.25, 0.3) is 0 Å². The number of aromatic nitrogens is 1. The van der Waals surface area contributed by atoms with E-state index in [9.17, 15) is 0 Å². The van der Waals surface area contributed by atoms with Gasteiger partial charge in [0.2, 0.25) is 0 Å². The van der Waals surface area contributed by atoms with E-state index in [1.165, 1.54) is 5.69 Å². The number of nitrogens with one attached hydrogen (secondary N) is 2. The third-order valence-corrected chi connectivity index (χ3v) is 2.37. The van der Waals surface area contributed by atoms with Gasteiger partial charge in [-0.05, 0) is 24.0 Å². The minimum atomic E-state index is 0.168. The van der Waals surface area contributed by atoms with Crippen LogP contribution in [0.15, 0.2) is 18.3 Å². The molecule has 3 heteroatoms. The monoisotopic (exact) mass is 196 g/mol. The van der Waals surface area contributed by atoms with Crippen molar-refractivity contribution in [3.8, 4) is 0 Å². The molecule has 0 aliphatic heterocycles. The molecule has 3 nitrogen and oxygen atoms in total. The van der Waals surface area contributed by atoms with Gasteiger partial charge in [0.1, 0.15) is 0 Å². The first-order valence-corrected chi connectivity index (χ1v) is 5.08. The van der Waals surface area contributed by atoms with Crippen molar-refractivity contribution in [2.45, 2.75) is 26.8 Å². The van der Waals surface area contributed by atoms with Crippen LogP contribution in [0.1, 0.15) is 26.0 Å². The SMILES string of the molecule is CC(C)(CCO)CNCc1ccc[nH]1.